The second-order valence-corrected chi connectivity index (χ2v) is 8.27. The number of nitrogens with one attached hydrogen (secondary N) is 1. The normalized spacial score (nSPS) is 17.1. The summed E-state index contributed by atoms with van der Waals surface area (Å²) >= 11 is 1.27. The Hall–Kier alpha value is -3.19. The van der Waals surface area contributed by atoms with Crippen LogP contribution in [0.3, 0.4) is 0 Å². The molecule has 0 aliphatic carbocycles. The lowest BCUT2D eigenvalue weighted by Crippen LogP contribution is -2.33. The number of benzene rings is 2. The highest BCUT2D eigenvalue weighted by Crippen LogP contribution is 2.32. The Labute approximate surface area is 186 Å². The number of rotatable bonds is 8. The van der Waals surface area contributed by atoms with Gasteiger partial charge in [-0.15, -0.1) is 6.58 Å². The van der Waals surface area contributed by atoms with E-state index in [2.05, 4.69) is 16.9 Å². The Kier molecular flexibility index (Phi) is 7.41. The van der Waals surface area contributed by atoms with Gasteiger partial charge in [-0.3, -0.25) is 19.3 Å². The summed E-state index contributed by atoms with van der Waals surface area (Å²) in [4.78, 5) is 43.1. The standard InChI is InChI=1S/C24H25N3O3S/c1-4-14-27-23(30)21(15-22(29)26-20-9-7-6-8-17(20)5-2)31-24(27)25-19-12-10-18(11-13-19)16(3)28/h4,6-13,21H,1,5,14-15H2,2-3H3,(H,26,29). The van der Waals surface area contributed by atoms with Crippen LogP contribution in [0.2, 0.25) is 0 Å². The molecule has 3 rings (SSSR count). The smallest absolute Gasteiger partial charge is 0.242 e. The molecule has 2 aromatic carbocycles. The molecule has 0 radical (unpaired) electrons. The number of hydrogen-bond acceptors (Lipinski definition) is 5. The van der Waals surface area contributed by atoms with Crippen molar-refractivity contribution in [2.45, 2.75) is 31.9 Å². The molecule has 31 heavy (non-hydrogen) atoms. The van der Waals surface area contributed by atoms with E-state index < -0.39 is 5.25 Å². The van der Waals surface area contributed by atoms with Gasteiger partial charge in [0.05, 0.1) is 5.69 Å². The molecule has 1 fully saturated rings. The highest BCUT2D eigenvalue weighted by atomic mass is 32.2. The third-order valence-electron chi connectivity index (χ3n) is 4.87. The molecule has 0 aromatic heterocycles. The van der Waals surface area contributed by atoms with Gasteiger partial charge in [-0.05, 0) is 49.2 Å². The zero-order chi connectivity index (χ0) is 22.4. The summed E-state index contributed by atoms with van der Waals surface area (Å²) in [6.07, 6.45) is 2.49. The Morgan fingerprint density at radius 1 is 1.19 bits per heavy atom. The van der Waals surface area contributed by atoms with E-state index in [1.807, 2.05) is 31.2 Å². The predicted molar refractivity (Wildman–Crippen MR) is 126 cm³/mol. The van der Waals surface area contributed by atoms with Crippen LogP contribution in [0.15, 0.2) is 66.2 Å². The number of para-hydroxylation sites is 1. The van der Waals surface area contributed by atoms with E-state index in [0.29, 0.717) is 23.0 Å². The van der Waals surface area contributed by atoms with E-state index in [1.165, 1.54) is 23.6 Å². The average Bonchev–Trinajstić information content (AvgIpc) is 3.03. The second-order valence-electron chi connectivity index (χ2n) is 7.10. The van der Waals surface area contributed by atoms with Crippen molar-refractivity contribution >= 4 is 45.9 Å². The molecule has 0 bridgehead atoms. The van der Waals surface area contributed by atoms with Gasteiger partial charge in [0.25, 0.3) is 0 Å². The molecule has 0 saturated carbocycles. The molecule has 1 heterocycles. The number of nitrogens with zero attached hydrogens (tertiary/aromatic N) is 2. The molecule has 1 aliphatic rings. The van der Waals surface area contributed by atoms with Gasteiger partial charge in [-0.25, -0.2) is 4.99 Å². The Morgan fingerprint density at radius 2 is 1.90 bits per heavy atom. The molecular weight excluding hydrogens is 410 g/mol. The monoisotopic (exact) mass is 435 g/mol. The molecule has 6 nitrogen and oxygen atoms in total. The Balaban J connectivity index is 1.75. The summed E-state index contributed by atoms with van der Waals surface area (Å²) < 4.78 is 0. The lowest BCUT2D eigenvalue weighted by Gasteiger charge is -2.14. The van der Waals surface area contributed by atoms with Crippen LogP contribution in [0.4, 0.5) is 11.4 Å². The number of hydrogen-bond donors (Lipinski definition) is 1. The zero-order valence-electron chi connectivity index (χ0n) is 17.6. The molecule has 1 unspecified atom stereocenters. The van der Waals surface area contributed by atoms with Crippen LogP contribution in [0, 0.1) is 0 Å². The van der Waals surface area contributed by atoms with Crippen LogP contribution < -0.4 is 5.32 Å². The van der Waals surface area contributed by atoms with Crippen molar-refractivity contribution in [3.63, 3.8) is 0 Å². The lowest BCUT2D eigenvalue weighted by molar-refractivity contribution is -0.127. The van der Waals surface area contributed by atoms with Crippen LogP contribution in [0.1, 0.15) is 36.2 Å². The first kappa shape index (κ1) is 22.5. The molecule has 1 aliphatic heterocycles. The molecule has 2 amide bonds. The maximum absolute atomic E-state index is 12.9. The van der Waals surface area contributed by atoms with E-state index in [-0.39, 0.29) is 24.0 Å². The number of aryl methyl sites for hydroxylation is 1. The average molecular weight is 436 g/mol. The van der Waals surface area contributed by atoms with Gasteiger partial charge in [0.2, 0.25) is 11.8 Å². The third-order valence-corrected chi connectivity index (χ3v) is 6.05. The van der Waals surface area contributed by atoms with Gasteiger partial charge in [-0.1, -0.05) is 43.0 Å². The molecule has 1 N–H and O–H groups in total. The fourth-order valence-corrected chi connectivity index (χ4v) is 4.39. The summed E-state index contributed by atoms with van der Waals surface area (Å²) in [6.45, 7) is 7.56. The number of amidine groups is 1. The minimum absolute atomic E-state index is 0.0198. The van der Waals surface area contributed by atoms with Gasteiger partial charge in [0.15, 0.2) is 11.0 Å². The number of carbonyl (C=O) groups is 3. The number of anilines is 1. The van der Waals surface area contributed by atoms with E-state index in [1.54, 1.807) is 30.3 Å². The van der Waals surface area contributed by atoms with Crippen LogP contribution in [0.25, 0.3) is 0 Å². The maximum Gasteiger partial charge on any atom is 0.242 e. The molecule has 2 aromatic rings. The minimum Gasteiger partial charge on any atom is -0.326 e. The van der Waals surface area contributed by atoms with Gasteiger partial charge < -0.3 is 5.32 Å². The number of ketones is 1. The lowest BCUT2D eigenvalue weighted by atomic mass is 10.1. The largest absolute Gasteiger partial charge is 0.326 e. The molecular formula is C24H25N3O3S. The minimum atomic E-state index is -0.552. The van der Waals surface area contributed by atoms with Crippen LogP contribution in [0.5, 0.6) is 0 Å². The third kappa shape index (κ3) is 5.49. The summed E-state index contributed by atoms with van der Waals surface area (Å²) in [5.74, 6) is -0.395. The summed E-state index contributed by atoms with van der Waals surface area (Å²) in [5, 5.41) is 2.89. The van der Waals surface area contributed by atoms with E-state index in [9.17, 15) is 14.4 Å². The highest BCUT2D eigenvalue weighted by molar-refractivity contribution is 8.15. The van der Waals surface area contributed by atoms with Crippen molar-refractivity contribution in [3.8, 4) is 0 Å². The van der Waals surface area contributed by atoms with Crippen molar-refractivity contribution in [1.29, 1.82) is 0 Å². The Bertz CT molecular complexity index is 1030. The van der Waals surface area contributed by atoms with Gasteiger partial charge in [0, 0.05) is 24.2 Å². The first-order chi connectivity index (χ1) is 14.9. The van der Waals surface area contributed by atoms with Crippen molar-refractivity contribution < 1.29 is 14.4 Å². The van der Waals surface area contributed by atoms with E-state index >= 15 is 0 Å². The van der Waals surface area contributed by atoms with E-state index in [4.69, 9.17) is 0 Å². The molecule has 1 saturated heterocycles. The topological polar surface area (TPSA) is 78.8 Å². The van der Waals surface area contributed by atoms with Crippen LogP contribution in [-0.2, 0) is 16.0 Å². The number of Topliss-reactive ketones (excluding diaryl/α,β-unsaturated/α-hetero) is 1. The maximum atomic E-state index is 12.9. The predicted octanol–water partition coefficient (Wildman–Crippen LogP) is 4.60. The van der Waals surface area contributed by atoms with Crippen molar-refractivity contribution in [1.82, 2.24) is 4.90 Å². The quantitative estimate of drug-likeness (QED) is 0.486. The van der Waals surface area contributed by atoms with Crippen molar-refractivity contribution in [2.24, 2.45) is 4.99 Å². The zero-order valence-corrected chi connectivity index (χ0v) is 18.4. The highest BCUT2D eigenvalue weighted by Gasteiger charge is 2.38. The van der Waals surface area contributed by atoms with Crippen molar-refractivity contribution in [2.75, 3.05) is 11.9 Å². The Morgan fingerprint density at radius 3 is 2.55 bits per heavy atom. The first-order valence-electron chi connectivity index (χ1n) is 10.1. The molecule has 1 atom stereocenters. The SMILES string of the molecule is C=CCN1C(=O)C(CC(=O)Nc2ccccc2CC)SC1=Nc1ccc(C(C)=O)cc1. The second kappa shape index (κ2) is 10.2. The number of carbonyl (C=O) groups excluding carboxylic acids is 3. The number of amides is 2. The van der Waals surface area contributed by atoms with Gasteiger partial charge >= 0.3 is 0 Å². The molecule has 160 valence electrons. The van der Waals surface area contributed by atoms with E-state index in [0.717, 1.165) is 17.7 Å². The fourth-order valence-electron chi connectivity index (χ4n) is 3.22. The van der Waals surface area contributed by atoms with Crippen molar-refractivity contribution in [3.05, 3.63) is 72.3 Å². The first-order valence-corrected chi connectivity index (χ1v) is 11.0. The fraction of sp³-hybridized carbons (Fsp3) is 0.250. The molecule has 7 heteroatoms. The molecule has 0 spiro atoms. The van der Waals surface area contributed by atoms with Gasteiger partial charge in [0.1, 0.15) is 5.25 Å². The van der Waals surface area contributed by atoms with Gasteiger partial charge in [-0.2, -0.15) is 0 Å². The summed E-state index contributed by atoms with van der Waals surface area (Å²) in [5.41, 5.74) is 3.05. The number of aliphatic imine (C=N–C) groups is 1. The van der Waals surface area contributed by atoms with Crippen LogP contribution >= 0.6 is 11.8 Å². The number of thioether (sulfide) groups is 1. The summed E-state index contributed by atoms with van der Waals surface area (Å²) in [6, 6.07) is 14.5. The summed E-state index contributed by atoms with van der Waals surface area (Å²) in [7, 11) is 0. The van der Waals surface area contributed by atoms with Crippen LogP contribution in [-0.4, -0.2) is 39.5 Å².